The maximum absolute atomic E-state index is 9.30. The molecule has 4 heteroatoms. The lowest BCUT2D eigenvalue weighted by atomic mass is 9.90. The van der Waals surface area contributed by atoms with Gasteiger partial charge in [0, 0.05) is 0 Å². The average Bonchev–Trinajstić information content (AvgIpc) is 2.28. The van der Waals surface area contributed by atoms with Gasteiger partial charge in [-0.15, -0.1) is 5.10 Å². The number of hydrogen-bond donors (Lipinski definition) is 1. The molecule has 1 aromatic rings. The van der Waals surface area contributed by atoms with Gasteiger partial charge in [-0.2, -0.15) is 5.10 Å². The number of rotatable bonds is 3. The number of aliphatic hydroxyl groups excluding tert-OH is 1. The van der Waals surface area contributed by atoms with Gasteiger partial charge < -0.3 is 5.11 Å². The number of aliphatic hydroxyl groups is 1. The van der Waals surface area contributed by atoms with Gasteiger partial charge in [-0.25, -0.2) is 0 Å². The van der Waals surface area contributed by atoms with Crippen molar-refractivity contribution in [1.29, 1.82) is 0 Å². The maximum Gasteiger partial charge on any atom is 0.155 e. The highest BCUT2D eigenvalue weighted by Gasteiger charge is 2.18. The van der Waals surface area contributed by atoms with E-state index in [1.807, 2.05) is 0 Å². The van der Waals surface area contributed by atoms with Crippen LogP contribution in [0.1, 0.15) is 43.0 Å². The van der Waals surface area contributed by atoms with Crippen LogP contribution >= 0.6 is 11.6 Å². The number of aromatic nitrogens is 2. The van der Waals surface area contributed by atoms with Gasteiger partial charge in [-0.3, -0.25) is 0 Å². The molecule has 0 saturated heterocycles. The molecule has 0 aliphatic heterocycles. The largest absolute Gasteiger partial charge is 0.393 e. The van der Waals surface area contributed by atoms with E-state index in [1.165, 1.54) is 24.0 Å². The zero-order valence-corrected chi connectivity index (χ0v) is 10.3. The summed E-state index contributed by atoms with van der Waals surface area (Å²) in [7, 11) is 0. The molecule has 1 aliphatic rings. The van der Waals surface area contributed by atoms with Gasteiger partial charge in [0.15, 0.2) is 5.15 Å². The van der Waals surface area contributed by atoms with Crippen molar-refractivity contribution in [2.24, 2.45) is 0 Å². The molecule has 0 spiro atoms. The third-order valence-electron chi connectivity index (χ3n) is 3.12. The number of halogens is 1. The van der Waals surface area contributed by atoms with Crippen LogP contribution in [0.2, 0.25) is 5.15 Å². The van der Waals surface area contributed by atoms with Crippen LogP contribution in [-0.4, -0.2) is 21.4 Å². The average molecular weight is 241 g/mol. The van der Waals surface area contributed by atoms with E-state index in [9.17, 15) is 5.11 Å². The first-order chi connectivity index (χ1) is 7.68. The van der Waals surface area contributed by atoms with Crippen molar-refractivity contribution in [1.82, 2.24) is 10.2 Å². The summed E-state index contributed by atoms with van der Waals surface area (Å²) in [4.78, 5) is 0. The Morgan fingerprint density at radius 3 is 2.62 bits per heavy atom. The van der Waals surface area contributed by atoms with Gasteiger partial charge in [0.25, 0.3) is 0 Å². The summed E-state index contributed by atoms with van der Waals surface area (Å²) in [6, 6.07) is 0. The van der Waals surface area contributed by atoms with Crippen molar-refractivity contribution < 1.29 is 5.11 Å². The lowest BCUT2D eigenvalue weighted by molar-refractivity contribution is 0.184. The standard InChI is InChI=1S/C12H17ClN2O/c1-8(16)6-7-11-9-4-2-3-5-10(9)12(13)15-14-11/h8,16H,2-7H2,1H3/t8-/m1/s1. The van der Waals surface area contributed by atoms with Gasteiger partial charge in [0.2, 0.25) is 0 Å². The summed E-state index contributed by atoms with van der Waals surface area (Å²) in [5, 5.41) is 18.0. The van der Waals surface area contributed by atoms with E-state index in [0.29, 0.717) is 5.15 Å². The molecule has 0 saturated carbocycles. The highest BCUT2D eigenvalue weighted by molar-refractivity contribution is 6.30. The van der Waals surface area contributed by atoms with Crippen molar-refractivity contribution in [3.05, 3.63) is 22.0 Å². The second kappa shape index (κ2) is 5.11. The Kier molecular flexibility index (Phi) is 3.77. The summed E-state index contributed by atoms with van der Waals surface area (Å²) in [5.74, 6) is 0. The van der Waals surface area contributed by atoms with E-state index in [-0.39, 0.29) is 6.10 Å². The van der Waals surface area contributed by atoms with E-state index < -0.39 is 0 Å². The molecule has 0 aromatic carbocycles. The molecule has 1 heterocycles. The second-order valence-electron chi connectivity index (χ2n) is 4.49. The molecular weight excluding hydrogens is 224 g/mol. The number of fused-ring (bicyclic) bond motifs is 1. The van der Waals surface area contributed by atoms with Gasteiger partial charge >= 0.3 is 0 Å². The van der Waals surface area contributed by atoms with Crippen LogP contribution in [0, 0.1) is 0 Å². The van der Waals surface area contributed by atoms with E-state index >= 15 is 0 Å². The van der Waals surface area contributed by atoms with E-state index in [4.69, 9.17) is 11.6 Å². The van der Waals surface area contributed by atoms with E-state index in [0.717, 1.165) is 31.4 Å². The summed E-state index contributed by atoms with van der Waals surface area (Å²) in [6.07, 6.45) is 5.72. The molecule has 2 rings (SSSR count). The SMILES string of the molecule is C[C@@H](O)CCc1nnc(Cl)c2c1CCCC2. The Morgan fingerprint density at radius 1 is 1.25 bits per heavy atom. The molecule has 0 bridgehead atoms. The first-order valence-corrected chi connectivity index (χ1v) is 6.27. The molecule has 0 amide bonds. The Bertz CT molecular complexity index is 380. The summed E-state index contributed by atoms with van der Waals surface area (Å²) < 4.78 is 0. The Morgan fingerprint density at radius 2 is 1.94 bits per heavy atom. The lowest BCUT2D eigenvalue weighted by Crippen LogP contribution is -2.12. The number of nitrogens with zero attached hydrogens (tertiary/aromatic N) is 2. The summed E-state index contributed by atoms with van der Waals surface area (Å²) in [5.41, 5.74) is 3.50. The minimum atomic E-state index is -0.281. The maximum atomic E-state index is 9.30. The van der Waals surface area contributed by atoms with Crippen LogP contribution in [-0.2, 0) is 19.3 Å². The van der Waals surface area contributed by atoms with E-state index in [1.54, 1.807) is 6.92 Å². The van der Waals surface area contributed by atoms with Crippen LogP contribution < -0.4 is 0 Å². The van der Waals surface area contributed by atoms with Crippen LogP contribution in [0.3, 0.4) is 0 Å². The smallest absolute Gasteiger partial charge is 0.155 e. The Hall–Kier alpha value is -0.670. The van der Waals surface area contributed by atoms with Crippen molar-refractivity contribution in [3.8, 4) is 0 Å². The topological polar surface area (TPSA) is 46.0 Å². The molecule has 1 aromatic heterocycles. The summed E-state index contributed by atoms with van der Waals surface area (Å²) in [6.45, 7) is 1.80. The van der Waals surface area contributed by atoms with Crippen LogP contribution in [0.5, 0.6) is 0 Å². The molecule has 16 heavy (non-hydrogen) atoms. The van der Waals surface area contributed by atoms with Crippen molar-refractivity contribution in [2.75, 3.05) is 0 Å². The molecule has 3 nitrogen and oxygen atoms in total. The highest BCUT2D eigenvalue weighted by Crippen LogP contribution is 2.28. The van der Waals surface area contributed by atoms with Gasteiger partial charge in [-0.05, 0) is 56.6 Å². The number of hydrogen-bond acceptors (Lipinski definition) is 3. The molecule has 0 radical (unpaired) electrons. The molecule has 88 valence electrons. The normalized spacial score (nSPS) is 16.9. The Labute approximate surface area is 101 Å². The molecule has 1 atom stereocenters. The molecule has 1 N–H and O–H groups in total. The predicted molar refractivity (Wildman–Crippen MR) is 63.7 cm³/mol. The molecule has 1 aliphatic carbocycles. The van der Waals surface area contributed by atoms with Crippen molar-refractivity contribution >= 4 is 11.6 Å². The van der Waals surface area contributed by atoms with Gasteiger partial charge in [0.05, 0.1) is 11.8 Å². The Balaban J connectivity index is 2.24. The number of aryl methyl sites for hydroxylation is 1. The van der Waals surface area contributed by atoms with E-state index in [2.05, 4.69) is 10.2 Å². The van der Waals surface area contributed by atoms with Gasteiger partial charge in [0.1, 0.15) is 0 Å². The minimum absolute atomic E-state index is 0.281. The van der Waals surface area contributed by atoms with Crippen molar-refractivity contribution in [3.63, 3.8) is 0 Å². The van der Waals surface area contributed by atoms with Crippen LogP contribution in [0.4, 0.5) is 0 Å². The zero-order valence-electron chi connectivity index (χ0n) is 9.54. The zero-order chi connectivity index (χ0) is 11.5. The molecular formula is C12H17ClN2O. The van der Waals surface area contributed by atoms with Gasteiger partial charge in [-0.1, -0.05) is 11.6 Å². The third-order valence-corrected chi connectivity index (χ3v) is 3.43. The van der Waals surface area contributed by atoms with Crippen LogP contribution in [0.25, 0.3) is 0 Å². The predicted octanol–water partition coefficient (Wildman–Crippen LogP) is 2.32. The van der Waals surface area contributed by atoms with Crippen molar-refractivity contribution in [2.45, 2.75) is 51.6 Å². The fourth-order valence-corrected chi connectivity index (χ4v) is 2.47. The first kappa shape index (κ1) is 11.8. The lowest BCUT2D eigenvalue weighted by Gasteiger charge is -2.19. The molecule has 0 unspecified atom stereocenters. The highest BCUT2D eigenvalue weighted by atomic mass is 35.5. The first-order valence-electron chi connectivity index (χ1n) is 5.89. The monoisotopic (exact) mass is 240 g/mol. The third kappa shape index (κ3) is 2.53. The fourth-order valence-electron chi connectivity index (χ4n) is 2.22. The quantitative estimate of drug-likeness (QED) is 0.882. The molecule has 0 fully saturated rings. The fraction of sp³-hybridized carbons (Fsp3) is 0.667. The van der Waals surface area contributed by atoms with Crippen LogP contribution in [0.15, 0.2) is 0 Å². The minimum Gasteiger partial charge on any atom is -0.393 e. The second-order valence-corrected chi connectivity index (χ2v) is 4.85. The summed E-state index contributed by atoms with van der Waals surface area (Å²) >= 11 is 6.05.